The van der Waals surface area contributed by atoms with Crippen molar-refractivity contribution in [3.63, 3.8) is 0 Å². The Morgan fingerprint density at radius 3 is 2.53 bits per heavy atom. The number of hydrogen-bond donors (Lipinski definition) is 1. The molecule has 3 aromatic rings. The molecule has 0 aliphatic rings. The predicted octanol–water partition coefficient (Wildman–Crippen LogP) is 2.49. The average Bonchev–Trinajstić information content (AvgIpc) is 3.12. The Hall–Kier alpha value is -3.38. The number of Topliss-reactive ketones (excluding diaryl/α,β-unsaturated/α-hetero) is 1. The van der Waals surface area contributed by atoms with Crippen molar-refractivity contribution in [2.75, 3.05) is 7.11 Å². The quantitative estimate of drug-likeness (QED) is 0.447. The van der Waals surface area contributed by atoms with E-state index in [1.165, 1.54) is 7.11 Å². The van der Waals surface area contributed by atoms with Crippen LogP contribution < -0.4 is 15.2 Å². The summed E-state index contributed by atoms with van der Waals surface area (Å²) in [6.07, 6.45) is -0.176. The molecule has 3 heterocycles. The van der Waals surface area contributed by atoms with Crippen molar-refractivity contribution in [2.24, 2.45) is 0 Å². The van der Waals surface area contributed by atoms with Gasteiger partial charge >= 0.3 is 5.69 Å². The van der Waals surface area contributed by atoms with Gasteiger partial charge in [0.15, 0.2) is 23.2 Å². The molecule has 0 aliphatic carbocycles. The number of aliphatic hydroxyl groups is 1. The first-order chi connectivity index (χ1) is 16.1. The van der Waals surface area contributed by atoms with E-state index in [1.54, 1.807) is 20.8 Å². The third kappa shape index (κ3) is 4.77. The maximum atomic E-state index is 15.1. The Bertz CT molecular complexity index is 1290. The highest BCUT2D eigenvalue weighted by Crippen LogP contribution is 2.30. The number of rotatable bonds is 9. The van der Waals surface area contributed by atoms with Gasteiger partial charge in [0.2, 0.25) is 11.8 Å². The Balaban J connectivity index is 2.11. The van der Waals surface area contributed by atoms with E-state index in [2.05, 4.69) is 15.1 Å². The number of carbonyl (C=O) groups excluding carboxylic acids is 1. The molecule has 0 atom stereocenters. The number of halogens is 3. The van der Waals surface area contributed by atoms with Crippen molar-refractivity contribution in [3.05, 3.63) is 56.4 Å². The standard InChI is InChI=1S/C21H22ClF2N5O5/c1-5-28-16(9-30)27-29(21(28)32)18-13(23)6-12(19(26-18)34-10(2)3)15(31)7-11-14(24)8-25-20(33-4)17(11)22/h6,8,10,30H,5,7,9H2,1-4H3. The number of ketones is 1. The first-order valence-electron chi connectivity index (χ1n) is 10.2. The number of ether oxygens (including phenoxy) is 2. The summed E-state index contributed by atoms with van der Waals surface area (Å²) in [5, 5.41) is 13.2. The zero-order valence-electron chi connectivity index (χ0n) is 18.8. The fourth-order valence-electron chi connectivity index (χ4n) is 3.18. The van der Waals surface area contributed by atoms with Gasteiger partial charge in [-0.3, -0.25) is 9.36 Å². The number of aromatic nitrogens is 5. The lowest BCUT2D eigenvalue weighted by molar-refractivity contribution is 0.0984. The summed E-state index contributed by atoms with van der Waals surface area (Å²) in [5.41, 5.74) is -1.21. The minimum atomic E-state index is -1.05. The zero-order chi connectivity index (χ0) is 25.2. The second-order valence-corrected chi connectivity index (χ2v) is 7.71. The number of methoxy groups -OCH3 is 1. The Morgan fingerprint density at radius 1 is 1.26 bits per heavy atom. The van der Waals surface area contributed by atoms with E-state index in [0.717, 1.165) is 16.8 Å². The molecule has 182 valence electrons. The molecule has 0 radical (unpaired) electrons. The smallest absolute Gasteiger partial charge is 0.352 e. The van der Waals surface area contributed by atoms with Crippen molar-refractivity contribution >= 4 is 17.4 Å². The molecule has 0 aromatic carbocycles. The van der Waals surface area contributed by atoms with Crippen LogP contribution >= 0.6 is 11.6 Å². The van der Waals surface area contributed by atoms with Crippen LogP contribution in [0.3, 0.4) is 0 Å². The number of nitrogens with zero attached hydrogens (tertiary/aromatic N) is 5. The van der Waals surface area contributed by atoms with E-state index in [9.17, 15) is 19.1 Å². The summed E-state index contributed by atoms with van der Waals surface area (Å²) in [7, 11) is 1.29. The van der Waals surface area contributed by atoms with Gasteiger partial charge in [-0.1, -0.05) is 11.6 Å². The maximum Gasteiger partial charge on any atom is 0.352 e. The fourth-order valence-corrected chi connectivity index (χ4v) is 3.46. The van der Waals surface area contributed by atoms with Crippen LogP contribution in [0.2, 0.25) is 5.02 Å². The molecule has 34 heavy (non-hydrogen) atoms. The molecule has 0 unspecified atom stereocenters. The minimum Gasteiger partial charge on any atom is -0.480 e. The lowest BCUT2D eigenvalue weighted by atomic mass is 10.0. The summed E-state index contributed by atoms with van der Waals surface area (Å²) >= 11 is 6.10. The summed E-state index contributed by atoms with van der Waals surface area (Å²) in [6, 6.07) is 0.836. The highest BCUT2D eigenvalue weighted by atomic mass is 35.5. The van der Waals surface area contributed by atoms with Crippen LogP contribution in [0, 0.1) is 11.6 Å². The molecule has 0 aliphatic heterocycles. The van der Waals surface area contributed by atoms with Crippen LogP contribution in [-0.4, -0.2) is 48.4 Å². The zero-order valence-corrected chi connectivity index (χ0v) is 19.6. The molecule has 3 aromatic heterocycles. The van der Waals surface area contributed by atoms with Gasteiger partial charge in [-0.25, -0.2) is 18.6 Å². The molecule has 0 saturated heterocycles. The van der Waals surface area contributed by atoms with Crippen molar-refractivity contribution < 1.29 is 28.2 Å². The van der Waals surface area contributed by atoms with E-state index < -0.39 is 48.1 Å². The average molecular weight is 498 g/mol. The van der Waals surface area contributed by atoms with Gasteiger partial charge in [-0.15, -0.1) is 5.10 Å². The third-order valence-electron chi connectivity index (χ3n) is 4.73. The number of pyridine rings is 2. The van der Waals surface area contributed by atoms with Crippen molar-refractivity contribution in [3.8, 4) is 17.6 Å². The number of carbonyl (C=O) groups is 1. The van der Waals surface area contributed by atoms with Crippen LogP contribution in [0.4, 0.5) is 8.78 Å². The van der Waals surface area contributed by atoms with Crippen LogP contribution in [0.15, 0.2) is 17.1 Å². The van der Waals surface area contributed by atoms with Crippen LogP contribution in [0.25, 0.3) is 5.82 Å². The lowest BCUT2D eigenvalue weighted by Crippen LogP contribution is -2.26. The molecule has 10 nitrogen and oxygen atoms in total. The molecule has 0 bridgehead atoms. The first kappa shape index (κ1) is 25.2. The van der Waals surface area contributed by atoms with E-state index in [1.807, 2.05) is 0 Å². The number of aliphatic hydroxyl groups excluding tert-OH is 1. The summed E-state index contributed by atoms with van der Waals surface area (Å²) in [5.74, 6) is -3.50. The summed E-state index contributed by atoms with van der Waals surface area (Å²) in [4.78, 5) is 33.4. The van der Waals surface area contributed by atoms with Crippen LogP contribution in [0.5, 0.6) is 11.8 Å². The molecular weight excluding hydrogens is 476 g/mol. The van der Waals surface area contributed by atoms with Gasteiger partial charge in [-0.2, -0.15) is 9.67 Å². The first-order valence-corrected chi connectivity index (χ1v) is 10.6. The molecule has 0 fully saturated rings. The Kier molecular flexibility index (Phi) is 7.62. The molecule has 0 amide bonds. The second-order valence-electron chi connectivity index (χ2n) is 7.33. The van der Waals surface area contributed by atoms with E-state index in [-0.39, 0.29) is 40.3 Å². The maximum absolute atomic E-state index is 15.1. The summed E-state index contributed by atoms with van der Waals surface area (Å²) < 4.78 is 41.8. The van der Waals surface area contributed by atoms with E-state index in [4.69, 9.17) is 21.1 Å². The third-order valence-corrected chi connectivity index (χ3v) is 5.12. The molecule has 3 rings (SSSR count). The lowest BCUT2D eigenvalue weighted by Gasteiger charge is -2.15. The SMILES string of the molecule is CCn1c(CO)nn(-c2nc(OC(C)C)c(C(=O)Cc3c(F)cnc(OC)c3Cl)cc2F)c1=O. The molecule has 1 N–H and O–H groups in total. The molecule has 0 spiro atoms. The van der Waals surface area contributed by atoms with Crippen molar-refractivity contribution in [1.29, 1.82) is 0 Å². The van der Waals surface area contributed by atoms with Gasteiger partial charge in [0.25, 0.3) is 0 Å². The second kappa shape index (κ2) is 10.3. The van der Waals surface area contributed by atoms with Crippen molar-refractivity contribution in [1.82, 2.24) is 24.3 Å². The van der Waals surface area contributed by atoms with Gasteiger partial charge in [0.05, 0.1) is 25.0 Å². The molecule has 13 heteroatoms. The highest BCUT2D eigenvalue weighted by Gasteiger charge is 2.26. The topological polar surface area (TPSA) is 121 Å². The van der Waals surface area contributed by atoms with Gasteiger partial charge in [0, 0.05) is 18.5 Å². The Labute approximate surface area is 197 Å². The predicted molar refractivity (Wildman–Crippen MR) is 117 cm³/mol. The van der Waals surface area contributed by atoms with E-state index in [0.29, 0.717) is 4.68 Å². The Morgan fingerprint density at radius 2 is 1.97 bits per heavy atom. The normalized spacial score (nSPS) is 11.2. The van der Waals surface area contributed by atoms with E-state index >= 15 is 4.39 Å². The van der Waals surface area contributed by atoms with Gasteiger partial charge in [-0.05, 0) is 26.8 Å². The molecular formula is C21H22ClF2N5O5. The van der Waals surface area contributed by atoms with Crippen LogP contribution in [-0.2, 0) is 19.6 Å². The van der Waals surface area contributed by atoms with Gasteiger partial charge < -0.3 is 14.6 Å². The fraction of sp³-hybridized carbons (Fsp3) is 0.381. The van der Waals surface area contributed by atoms with Gasteiger partial charge in [0.1, 0.15) is 17.4 Å². The monoisotopic (exact) mass is 497 g/mol. The van der Waals surface area contributed by atoms with Crippen LogP contribution in [0.1, 0.15) is 42.5 Å². The minimum absolute atomic E-state index is 0.0110. The molecule has 0 saturated carbocycles. The van der Waals surface area contributed by atoms with Crippen molar-refractivity contribution in [2.45, 2.75) is 46.4 Å². The highest BCUT2D eigenvalue weighted by molar-refractivity contribution is 6.32. The number of hydrogen-bond acceptors (Lipinski definition) is 8. The summed E-state index contributed by atoms with van der Waals surface area (Å²) in [6.45, 7) is 4.61. The largest absolute Gasteiger partial charge is 0.480 e.